The minimum atomic E-state index is -0.397. The summed E-state index contributed by atoms with van der Waals surface area (Å²) in [5.74, 6) is 1.03. The first-order valence-electron chi connectivity index (χ1n) is 10.7. The highest BCUT2D eigenvalue weighted by molar-refractivity contribution is 6.00. The Morgan fingerprint density at radius 1 is 0.939 bits per heavy atom. The number of aromatic nitrogens is 3. The number of hydrogen-bond acceptors (Lipinski definition) is 4. The summed E-state index contributed by atoms with van der Waals surface area (Å²) in [6.45, 7) is 8.35. The van der Waals surface area contributed by atoms with E-state index in [0.29, 0.717) is 23.0 Å². The average molecular weight is 442 g/mol. The van der Waals surface area contributed by atoms with Crippen LogP contribution >= 0.6 is 0 Å². The highest BCUT2D eigenvalue weighted by atomic mass is 16.5. The zero-order valence-electron chi connectivity index (χ0n) is 19.2. The Balaban J connectivity index is 1.51. The molecule has 0 aliphatic carbocycles. The number of carbonyl (C=O) groups is 1. The fraction of sp³-hybridized carbons (Fsp3) is 0.192. The van der Waals surface area contributed by atoms with Crippen molar-refractivity contribution in [2.45, 2.75) is 33.1 Å². The highest BCUT2D eigenvalue weighted by Crippen LogP contribution is 2.35. The lowest BCUT2D eigenvalue weighted by atomic mass is 9.86. The molecule has 0 spiro atoms. The second-order valence-corrected chi connectivity index (χ2v) is 8.72. The molecule has 7 heteroatoms. The van der Waals surface area contributed by atoms with Crippen LogP contribution in [-0.2, 0) is 5.41 Å². The van der Waals surface area contributed by atoms with Gasteiger partial charge in [0.05, 0.1) is 5.69 Å². The number of amides is 2. The van der Waals surface area contributed by atoms with Crippen LogP contribution in [0, 0.1) is 6.92 Å². The molecule has 0 atom stereocenters. The quantitative estimate of drug-likeness (QED) is 0.380. The van der Waals surface area contributed by atoms with Gasteiger partial charge in [0.2, 0.25) is 5.88 Å². The maximum Gasteiger partial charge on any atom is 0.323 e. The standard InChI is InChI=1S/C26H27N5O2/c1-18-14-16-28-31(18)20-10-7-9-19(17-20)29-25(32)30-22-12-8-15-27-24(22)33-23-13-6-5-11-21(23)26(2,3)4/h5-17H,1-4H3,(H2,29,30,32). The molecule has 2 amide bonds. The number of ether oxygens (including phenoxy) is 1. The third-order valence-electron chi connectivity index (χ3n) is 5.10. The molecule has 33 heavy (non-hydrogen) atoms. The van der Waals surface area contributed by atoms with Crippen LogP contribution < -0.4 is 15.4 Å². The topological polar surface area (TPSA) is 81.1 Å². The van der Waals surface area contributed by atoms with Gasteiger partial charge in [0.25, 0.3) is 0 Å². The van der Waals surface area contributed by atoms with Crippen LogP contribution in [0.3, 0.4) is 0 Å². The summed E-state index contributed by atoms with van der Waals surface area (Å²) >= 11 is 0. The van der Waals surface area contributed by atoms with Crippen molar-refractivity contribution in [2.75, 3.05) is 10.6 Å². The summed E-state index contributed by atoms with van der Waals surface area (Å²) in [6.07, 6.45) is 3.37. The summed E-state index contributed by atoms with van der Waals surface area (Å²) in [4.78, 5) is 17.1. The predicted octanol–water partition coefficient (Wildman–Crippen LogP) is 6.31. The fourth-order valence-electron chi connectivity index (χ4n) is 3.49. The molecule has 2 aromatic carbocycles. The first kappa shape index (κ1) is 22.1. The van der Waals surface area contributed by atoms with Gasteiger partial charge in [-0.05, 0) is 54.8 Å². The van der Waals surface area contributed by atoms with E-state index in [-0.39, 0.29) is 5.41 Å². The lowest BCUT2D eigenvalue weighted by Crippen LogP contribution is -2.20. The third-order valence-corrected chi connectivity index (χ3v) is 5.10. The third kappa shape index (κ3) is 5.20. The molecule has 4 aromatic rings. The Bertz CT molecular complexity index is 1270. The number of rotatable bonds is 5. The number of carbonyl (C=O) groups excluding carboxylic acids is 1. The second kappa shape index (κ2) is 9.16. The fourth-order valence-corrected chi connectivity index (χ4v) is 3.49. The number of pyridine rings is 1. The molecule has 0 radical (unpaired) electrons. The van der Waals surface area contributed by atoms with Crippen molar-refractivity contribution in [3.05, 3.63) is 90.4 Å². The molecule has 2 heterocycles. The van der Waals surface area contributed by atoms with E-state index in [0.717, 1.165) is 16.9 Å². The van der Waals surface area contributed by atoms with E-state index in [1.807, 2.05) is 66.2 Å². The zero-order valence-corrected chi connectivity index (χ0v) is 19.2. The number of benzene rings is 2. The van der Waals surface area contributed by atoms with Crippen LogP contribution in [0.15, 0.2) is 79.1 Å². The van der Waals surface area contributed by atoms with Crippen LogP contribution in [0.25, 0.3) is 5.69 Å². The number of hydrogen-bond donors (Lipinski definition) is 2. The molecule has 2 aromatic heterocycles. The van der Waals surface area contributed by atoms with Gasteiger partial charge in [0.15, 0.2) is 0 Å². The molecule has 2 N–H and O–H groups in total. The Kier molecular flexibility index (Phi) is 6.13. The lowest BCUT2D eigenvalue weighted by molar-refractivity contribution is 0.262. The minimum Gasteiger partial charge on any atom is -0.437 e. The van der Waals surface area contributed by atoms with Crippen LogP contribution in [-0.4, -0.2) is 20.8 Å². The number of para-hydroxylation sites is 1. The molecule has 0 saturated carbocycles. The largest absolute Gasteiger partial charge is 0.437 e. The molecular weight excluding hydrogens is 414 g/mol. The van der Waals surface area contributed by atoms with E-state index in [9.17, 15) is 4.79 Å². The Morgan fingerprint density at radius 3 is 2.52 bits per heavy atom. The summed E-state index contributed by atoms with van der Waals surface area (Å²) in [7, 11) is 0. The van der Waals surface area contributed by atoms with Crippen molar-refractivity contribution in [1.29, 1.82) is 0 Å². The van der Waals surface area contributed by atoms with Gasteiger partial charge >= 0.3 is 6.03 Å². The van der Waals surface area contributed by atoms with Gasteiger partial charge in [-0.2, -0.15) is 5.10 Å². The van der Waals surface area contributed by atoms with Crippen LogP contribution in [0.5, 0.6) is 11.6 Å². The molecular formula is C26H27N5O2. The van der Waals surface area contributed by atoms with E-state index >= 15 is 0 Å². The number of urea groups is 1. The summed E-state index contributed by atoms with van der Waals surface area (Å²) < 4.78 is 7.94. The SMILES string of the molecule is Cc1ccnn1-c1cccc(NC(=O)Nc2cccnc2Oc2ccccc2C(C)(C)C)c1. The van der Waals surface area contributed by atoms with Crippen molar-refractivity contribution in [3.63, 3.8) is 0 Å². The van der Waals surface area contributed by atoms with Gasteiger partial charge in [-0.3, -0.25) is 0 Å². The predicted molar refractivity (Wildman–Crippen MR) is 130 cm³/mol. The summed E-state index contributed by atoms with van der Waals surface area (Å²) in [6, 6.07) is 20.4. The van der Waals surface area contributed by atoms with Gasteiger partial charge in [0.1, 0.15) is 11.4 Å². The zero-order chi connectivity index (χ0) is 23.4. The van der Waals surface area contributed by atoms with Crippen molar-refractivity contribution >= 4 is 17.4 Å². The first-order chi connectivity index (χ1) is 15.8. The van der Waals surface area contributed by atoms with E-state index in [2.05, 4.69) is 41.5 Å². The van der Waals surface area contributed by atoms with Crippen molar-refractivity contribution in [3.8, 4) is 17.3 Å². The van der Waals surface area contributed by atoms with Crippen LogP contribution in [0.1, 0.15) is 32.0 Å². The van der Waals surface area contributed by atoms with Crippen molar-refractivity contribution in [2.24, 2.45) is 0 Å². The molecule has 0 aliphatic rings. The van der Waals surface area contributed by atoms with E-state index in [1.54, 1.807) is 24.5 Å². The smallest absolute Gasteiger partial charge is 0.323 e. The maximum atomic E-state index is 12.7. The van der Waals surface area contributed by atoms with Gasteiger partial charge in [-0.25, -0.2) is 14.5 Å². The van der Waals surface area contributed by atoms with Gasteiger partial charge < -0.3 is 15.4 Å². The number of aryl methyl sites for hydroxylation is 1. The van der Waals surface area contributed by atoms with Crippen LogP contribution in [0.4, 0.5) is 16.2 Å². The summed E-state index contributed by atoms with van der Waals surface area (Å²) in [5, 5.41) is 10.0. The van der Waals surface area contributed by atoms with E-state index in [1.165, 1.54) is 0 Å². The minimum absolute atomic E-state index is 0.103. The highest BCUT2D eigenvalue weighted by Gasteiger charge is 2.20. The molecule has 7 nitrogen and oxygen atoms in total. The molecule has 0 saturated heterocycles. The molecule has 168 valence electrons. The molecule has 4 rings (SSSR count). The number of nitrogens with zero attached hydrogens (tertiary/aromatic N) is 3. The van der Waals surface area contributed by atoms with Gasteiger partial charge in [0, 0.05) is 29.3 Å². The average Bonchev–Trinajstić information content (AvgIpc) is 3.21. The maximum absolute atomic E-state index is 12.7. The molecule has 0 bridgehead atoms. The Hall–Kier alpha value is -4.13. The Labute approximate surface area is 193 Å². The van der Waals surface area contributed by atoms with Gasteiger partial charge in [-0.1, -0.05) is 45.0 Å². The second-order valence-electron chi connectivity index (χ2n) is 8.72. The van der Waals surface area contributed by atoms with Crippen molar-refractivity contribution in [1.82, 2.24) is 14.8 Å². The van der Waals surface area contributed by atoms with Crippen LogP contribution in [0.2, 0.25) is 0 Å². The molecule has 0 fully saturated rings. The monoisotopic (exact) mass is 441 g/mol. The molecule has 0 aliphatic heterocycles. The Morgan fingerprint density at radius 2 is 1.76 bits per heavy atom. The van der Waals surface area contributed by atoms with E-state index < -0.39 is 6.03 Å². The summed E-state index contributed by atoms with van der Waals surface area (Å²) in [5.41, 5.74) is 3.93. The van der Waals surface area contributed by atoms with Crippen molar-refractivity contribution < 1.29 is 9.53 Å². The van der Waals surface area contributed by atoms with E-state index in [4.69, 9.17) is 4.74 Å². The van der Waals surface area contributed by atoms with Gasteiger partial charge in [-0.15, -0.1) is 0 Å². The normalized spacial score (nSPS) is 11.2. The number of nitrogens with one attached hydrogen (secondary N) is 2. The lowest BCUT2D eigenvalue weighted by Gasteiger charge is -2.22. The number of anilines is 2. The molecule has 0 unspecified atom stereocenters. The first-order valence-corrected chi connectivity index (χ1v) is 10.7.